The van der Waals surface area contributed by atoms with Gasteiger partial charge >= 0.3 is 27.1 Å². The van der Waals surface area contributed by atoms with Gasteiger partial charge in [0, 0.05) is 46.2 Å². The number of benzene rings is 7. The molecule has 4 heterocycles. The van der Waals surface area contributed by atoms with Gasteiger partial charge in [0.15, 0.2) is 0 Å². The summed E-state index contributed by atoms with van der Waals surface area (Å²) < 4.78 is 13.7. The topological polar surface area (TPSA) is 71.7 Å². The van der Waals surface area contributed by atoms with Gasteiger partial charge in [-0.1, -0.05) is 211 Å². The van der Waals surface area contributed by atoms with Gasteiger partial charge in [-0.25, -0.2) is 19.9 Å². The van der Waals surface area contributed by atoms with Crippen molar-refractivity contribution >= 4 is 50.6 Å². The van der Waals surface area contributed by atoms with Gasteiger partial charge in [-0.2, -0.15) is 6.07 Å². The van der Waals surface area contributed by atoms with Crippen LogP contribution in [0.4, 0.5) is 22.7 Å². The van der Waals surface area contributed by atoms with E-state index in [9.17, 15) is 0 Å². The largest absolute Gasteiger partial charge is 2.00 e. The first-order chi connectivity index (χ1) is 37.3. The quantitative estimate of drug-likeness (QED) is 0.112. The Bertz CT molecular complexity index is 3970. The van der Waals surface area contributed by atoms with Crippen LogP contribution < -0.4 is 13.9 Å². The molecular weight excluding hydrogens is 1160 g/mol. The number of rotatable bonds is 8. The molecule has 7 aromatic carbocycles. The first-order valence-corrected chi connectivity index (χ1v) is 27.6. The molecule has 0 bridgehead atoms. The fourth-order valence-electron chi connectivity index (χ4n) is 10.3. The Morgan fingerprint density at radius 1 is 0.475 bits per heavy atom. The number of aromatic nitrogens is 5. The number of nitrogens with zero attached hydrogens (tertiary/aromatic N) is 7. The summed E-state index contributed by atoms with van der Waals surface area (Å²) in [4.78, 5) is 20.5. The van der Waals surface area contributed by atoms with Gasteiger partial charge in [0.25, 0.3) is 11.4 Å². The number of pyridine rings is 1. The van der Waals surface area contributed by atoms with E-state index in [1.807, 2.05) is 36.5 Å². The zero-order valence-electron chi connectivity index (χ0n) is 48.9. The van der Waals surface area contributed by atoms with E-state index in [2.05, 4.69) is 257 Å². The summed E-state index contributed by atoms with van der Waals surface area (Å²) in [5, 5.41) is 2.05. The second-order valence-corrected chi connectivity index (χ2v) is 26.2. The summed E-state index contributed by atoms with van der Waals surface area (Å²) in [5.41, 5.74) is 13.7. The zero-order valence-corrected chi connectivity index (χ0v) is 51.1. The van der Waals surface area contributed by atoms with Crippen LogP contribution in [-0.4, -0.2) is 30.5 Å². The predicted molar refractivity (Wildman–Crippen MR) is 327 cm³/mol. The van der Waals surface area contributed by atoms with Crippen molar-refractivity contribution in [1.29, 1.82) is 0 Å². The molecule has 0 aliphatic carbocycles. The van der Waals surface area contributed by atoms with Crippen LogP contribution in [0.1, 0.15) is 132 Å². The van der Waals surface area contributed by atoms with Crippen molar-refractivity contribution < 1.29 is 25.8 Å². The Hall–Kier alpha value is -7.63. The smallest absolute Gasteiger partial charge is 0.508 e. The number of para-hydroxylation sites is 3. The van der Waals surface area contributed by atoms with E-state index in [4.69, 9.17) is 24.7 Å². The maximum Gasteiger partial charge on any atom is 2.00 e. The third-order valence-corrected chi connectivity index (χ3v) is 14.9. The summed E-state index contributed by atoms with van der Waals surface area (Å²) >= 11 is 0. The minimum Gasteiger partial charge on any atom is -0.508 e. The van der Waals surface area contributed by atoms with Crippen LogP contribution in [0.15, 0.2) is 158 Å². The molecule has 0 spiro atoms. The molecule has 80 heavy (non-hydrogen) atoms. The van der Waals surface area contributed by atoms with Crippen molar-refractivity contribution in [3.63, 3.8) is 0 Å². The Kier molecular flexibility index (Phi) is 14.3. The molecule has 3 aromatic heterocycles. The van der Waals surface area contributed by atoms with Gasteiger partial charge in [0.05, 0.1) is 11.1 Å². The molecule has 1 aliphatic rings. The Morgan fingerprint density at radius 3 is 1.55 bits per heavy atom. The second kappa shape index (κ2) is 20.5. The molecule has 0 unspecified atom stereocenters. The average molecular weight is 1230 g/mol. The maximum absolute atomic E-state index is 7.20. The van der Waals surface area contributed by atoms with Crippen LogP contribution in [0.3, 0.4) is 0 Å². The molecule has 10 aromatic rings. The fourth-order valence-corrected chi connectivity index (χ4v) is 10.3. The molecule has 0 radical (unpaired) electrons. The Balaban J connectivity index is 0.00000720. The van der Waals surface area contributed by atoms with E-state index in [0.29, 0.717) is 34.5 Å². The average Bonchev–Trinajstić information content (AvgIpc) is 4.17. The molecule has 1 aliphatic heterocycles. The van der Waals surface area contributed by atoms with Crippen LogP contribution in [-0.2, 0) is 48.1 Å². The Labute approximate surface area is 487 Å². The molecule has 8 nitrogen and oxygen atoms in total. The molecule has 0 fully saturated rings. The molecule has 0 atom stereocenters. The van der Waals surface area contributed by atoms with E-state index < -0.39 is 0 Å². The second-order valence-electron chi connectivity index (χ2n) is 26.2. The van der Waals surface area contributed by atoms with Crippen molar-refractivity contribution in [1.82, 2.24) is 33.7 Å². The molecule has 0 saturated carbocycles. The summed E-state index contributed by atoms with van der Waals surface area (Å²) in [7, 11) is 0. The standard InChI is InChI=1S/C71H71N7O.Pt/c1-67(2,3)47-33-29-45(30-34-47)52-24-21-25-53(46-31-35-48(36-32-46)68(4,5)6)63(52)77-44-76(58-26-16-17-27-59(58)77)50-22-20-23-51(41-50)79-61-43-60-55(42-56(61)64-73-65(70(10,11)12)75-66(74-64)71(13,14)15)54-40-49(69(7,8)9)37-38-57(54)78(60)62-28-18-19-39-72-62;/h16-40,42H,1-15H3;/q;+2. The first kappa shape index (κ1) is 55.7. The third-order valence-electron chi connectivity index (χ3n) is 14.9. The zero-order chi connectivity index (χ0) is 56.0. The fraction of sp³-hybridized carbons (Fsp3) is 0.282. The molecular formula is C71H71N7OPt+2. The monoisotopic (exact) mass is 1230 g/mol. The first-order valence-electron chi connectivity index (χ1n) is 27.6. The molecule has 0 N–H and O–H groups in total. The third kappa shape index (κ3) is 10.6. The van der Waals surface area contributed by atoms with E-state index in [1.54, 1.807) is 0 Å². The van der Waals surface area contributed by atoms with Gasteiger partial charge in [0.1, 0.15) is 29.0 Å². The Morgan fingerprint density at radius 2 is 1.01 bits per heavy atom. The van der Waals surface area contributed by atoms with Crippen molar-refractivity contribution in [3.8, 4) is 51.0 Å². The number of hydrogen-bond acceptors (Lipinski definition) is 5. The van der Waals surface area contributed by atoms with Crippen LogP contribution in [0, 0.1) is 12.1 Å². The van der Waals surface area contributed by atoms with E-state index in [0.717, 1.165) is 72.6 Å². The van der Waals surface area contributed by atoms with Crippen LogP contribution in [0.25, 0.3) is 61.3 Å². The number of fused-ring (bicyclic) bond motifs is 4. The van der Waals surface area contributed by atoms with E-state index >= 15 is 0 Å². The van der Waals surface area contributed by atoms with Crippen LogP contribution >= 0.6 is 0 Å². The van der Waals surface area contributed by atoms with Crippen molar-refractivity contribution in [2.24, 2.45) is 0 Å². The molecule has 9 heteroatoms. The van der Waals surface area contributed by atoms with Gasteiger partial charge in [-0.05, 0) is 89.9 Å². The SMILES string of the molecule is CC(C)(C)c1ccc(-c2cccc(-c3ccc(C(C)(C)C)cc3)c2[N+]2=C=[N+](c3[c-]c(Oc4[c-]c5c(cc4-c4nc(C(C)(C)C)nc(C(C)(C)C)n4)c4cc(C(C)(C)C)ccc4n5-c4ccccn4)ccc3)c3ccccc32)cc1.[Pt+2]. The van der Waals surface area contributed by atoms with Crippen molar-refractivity contribution in [2.75, 3.05) is 0 Å². The van der Waals surface area contributed by atoms with Crippen LogP contribution in [0.2, 0.25) is 0 Å². The normalized spacial score (nSPS) is 13.0. The summed E-state index contributed by atoms with van der Waals surface area (Å²) in [6, 6.07) is 65.5. The maximum atomic E-state index is 7.20. The van der Waals surface area contributed by atoms with E-state index in [1.165, 1.54) is 16.7 Å². The summed E-state index contributed by atoms with van der Waals surface area (Å²) in [6.07, 6.45) is 1.83. The minimum absolute atomic E-state index is 0. The van der Waals surface area contributed by atoms with Crippen LogP contribution in [0.5, 0.6) is 11.5 Å². The van der Waals surface area contributed by atoms with Crippen molar-refractivity contribution in [2.45, 2.75) is 131 Å². The summed E-state index contributed by atoms with van der Waals surface area (Å²) in [6.45, 7) is 33.1. The van der Waals surface area contributed by atoms with Gasteiger partial charge in [-0.15, -0.1) is 23.6 Å². The minimum atomic E-state index is -0.368. The number of ether oxygens (including phenoxy) is 1. The number of hydrogen-bond donors (Lipinski definition) is 0. The molecule has 11 rings (SSSR count). The molecule has 0 saturated heterocycles. The predicted octanol–water partition coefficient (Wildman–Crippen LogP) is 18.1. The van der Waals surface area contributed by atoms with E-state index in [-0.39, 0.29) is 48.1 Å². The molecule has 0 amide bonds. The van der Waals surface area contributed by atoms with Gasteiger partial charge < -0.3 is 9.30 Å². The van der Waals surface area contributed by atoms with Gasteiger partial charge in [0.2, 0.25) is 5.69 Å². The van der Waals surface area contributed by atoms with Gasteiger partial charge in [-0.3, -0.25) is 0 Å². The summed E-state index contributed by atoms with van der Waals surface area (Å²) in [5.74, 6) is 3.63. The molecule has 404 valence electrons. The van der Waals surface area contributed by atoms with Crippen molar-refractivity contribution in [3.05, 3.63) is 198 Å².